The van der Waals surface area contributed by atoms with Crippen molar-refractivity contribution in [1.82, 2.24) is 9.97 Å². The molecule has 5 nitrogen and oxygen atoms in total. The highest BCUT2D eigenvalue weighted by molar-refractivity contribution is 9.10. The number of halogens is 3. The minimum Gasteiger partial charge on any atom is -0.487 e. The highest BCUT2D eigenvalue weighted by atomic mass is 79.9. The molecule has 3 rings (SSSR count). The minimum absolute atomic E-state index is 0.0611. The van der Waals surface area contributed by atoms with Crippen LogP contribution in [-0.2, 0) is 9.84 Å². The Labute approximate surface area is 138 Å². The number of aromatic amines is 1. The second-order valence-electron chi connectivity index (χ2n) is 4.96. The van der Waals surface area contributed by atoms with Crippen LogP contribution < -0.4 is 4.74 Å². The van der Waals surface area contributed by atoms with E-state index in [-0.39, 0.29) is 10.6 Å². The summed E-state index contributed by atoms with van der Waals surface area (Å²) in [4.78, 5) is 7.28. The molecule has 0 amide bonds. The fourth-order valence-electron chi connectivity index (χ4n) is 2.37. The molecule has 1 aromatic carbocycles. The number of hydrogen-bond donors (Lipinski definition) is 1. The second kappa shape index (κ2) is 5.72. The Morgan fingerprint density at radius 2 is 2.13 bits per heavy atom. The maximum absolute atomic E-state index is 12.4. The van der Waals surface area contributed by atoms with E-state index in [1.54, 1.807) is 12.3 Å². The van der Waals surface area contributed by atoms with Gasteiger partial charge in [0.15, 0.2) is 9.84 Å². The topological polar surface area (TPSA) is 72.1 Å². The molecule has 0 unspecified atom stereocenters. The van der Waals surface area contributed by atoms with E-state index in [9.17, 15) is 17.2 Å². The van der Waals surface area contributed by atoms with Crippen LogP contribution in [0.4, 0.5) is 8.78 Å². The van der Waals surface area contributed by atoms with E-state index in [2.05, 4.69) is 25.9 Å². The molecule has 9 heteroatoms. The van der Waals surface area contributed by atoms with Crippen molar-refractivity contribution in [2.45, 2.75) is 11.3 Å². The van der Waals surface area contributed by atoms with E-state index in [1.165, 1.54) is 12.1 Å². The number of hydrogen-bond acceptors (Lipinski definition) is 4. The van der Waals surface area contributed by atoms with Gasteiger partial charge in [-0.25, -0.2) is 17.2 Å². The van der Waals surface area contributed by atoms with Crippen molar-refractivity contribution in [1.29, 1.82) is 0 Å². The Bertz CT molecular complexity index is 1000. The van der Waals surface area contributed by atoms with Crippen LogP contribution in [0.2, 0.25) is 0 Å². The number of benzene rings is 1. The van der Waals surface area contributed by atoms with Crippen LogP contribution in [0.5, 0.6) is 5.75 Å². The van der Waals surface area contributed by atoms with Crippen LogP contribution in [0.3, 0.4) is 0 Å². The molecule has 122 valence electrons. The third-order valence-electron chi connectivity index (χ3n) is 3.24. The summed E-state index contributed by atoms with van der Waals surface area (Å²) in [6, 6.07) is 4.44. The molecule has 0 aliphatic heterocycles. The Balaban J connectivity index is 2.36. The molecule has 2 heterocycles. The maximum atomic E-state index is 12.4. The summed E-state index contributed by atoms with van der Waals surface area (Å²) in [7, 11) is -3.51. The number of nitrogens with zero attached hydrogens (tertiary/aromatic N) is 1. The highest BCUT2D eigenvalue weighted by Crippen LogP contribution is 2.36. The van der Waals surface area contributed by atoms with Crippen LogP contribution in [0.25, 0.3) is 21.9 Å². The van der Waals surface area contributed by atoms with E-state index < -0.39 is 22.9 Å². The molecule has 0 aliphatic carbocycles. The summed E-state index contributed by atoms with van der Waals surface area (Å²) < 4.78 is 54.6. The van der Waals surface area contributed by atoms with Gasteiger partial charge in [0, 0.05) is 16.9 Å². The zero-order valence-corrected chi connectivity index (χ0v) is 14.2. The van der Waals surface area contributed by atoms with E-state index >= 15 is 0 Å². The predicted molar refractivity (Wildman–Crippen MR) is 85.9 cm³/mol. The lowest BCUT2D eigenvalue weighted by atomic mass is 10.2. The zero-order chi connectivity index (χ0) is 16.8. The molecular formula is C14H11BrF2N2O3S. The molecule has 0 fully saturated rings. The first-order valence-corrected chi connectivity index (χ1v) is 9.17. The van der Waals surface area contributed by atoms with E-state index in [0.717, 1.165) is 6.26 Å². The first-order chi connectivity index (χ1) is 10.8. The van der Waals surface area contributed by atoms with E-state index in [4.69, 9.17) is 4.74 Å². The van der Waals surface area contributed by atoms with Crippen molar-refractivity contribution in [2.24, 2.45) is 0 Å². The van der Waals surface area contributed by atoms with Gasteiger partial charge in [0.1, 0.15) is 12.4 Å². The lowest BCUT2D eigenvalue weighted by Gasteiger charge is -2.09. The van der Waals surface area contributed by atoms with Gasteiger partial charge in [-0.2, -0.15) is 0 Å². The minimum atomic E-state index is -3.51. The van der Waals surface area contributed by atoms with Crippen molar-refractivity contribution in [3.05, 3.63) is 28.9 Å². The number of alkyl halides is 2. The summed E-state index contributed by atoms with van der Waals surface area (Å²) in [6.07, 6.45) is -0.0115. The Kier molecular flexibility index (Phi) is 4.01. The molecule has 1 N–H and O–H groups in total. The summed E-state index contributed by atoms with van der Waals surface area (Å²) in [5, 5.41) is 0.371. The average molecular weight is 405 g/mol. The van der Waals surface area contributed by atoms with Gasteiger partial charge in [0.2, 0.25) is 0 Å². The predicted octanol–water partition coefficient (Wildman–Crippen LogP) is 3.53. The van der Waals surface area contributed by atoms with Gasteiger partial charge in [0.25, 0.3) is 6.43 Å². The van der Waals surface area contributed by atoms with E-state index in [0.29, 0.717) is 26.4 Å². The molecule has 3 aromatic rings. The molecule has 0 atom stereocenters. The number of fused-ring (bicyclic) bond motifs is 3. The summed E-state index contributed by atoms with van der Waals surface area (Å²) in [6.45, 7) is -0.781. The third-order valence-corrected chi connectivity index (χ3v) is 4.82. The largest absolute Gasteiger partial charge is 0.487 e. The Morgan fingerprint density at radius 3 is 2.78 bits per heavy atom. The molecule has 0 radical (unpaired) electrons. The van der Waals surface area contributed by atoms with Gasteiger partial charge in [-0.15, -0.1) is 0 Å². The van der Waals surface area contributed by atoms with Gasteiger partial charge >= 0.3 is 0 Å². The molecule has 0 spiro atoms. The average Bonchev–Trinajstić information content (AvgIpc) is 2.81. The van der Waals surface area contributed by atoms with Crippen LogP contribution in [0, 0.1) is 0 Å². The Hall–Kier alpha value is -1.74. The summed E-state index contributed by atoms with van der Waals surface area (Å²) in [5.74, 6) is 0.161. The molecule has 0 saturated heterocycles. The van der Waals surface area contributed by atoms with Crippen LogP contribution in [0.1, 0.15) is 0 Å². The van der Waals surface area contributed by atoms with Gasteiger partial charge in [-0.3, -0.25) is 4.98 Å². The quantitative estimate of drug-likeness (QED) is 0.721. The van der Waals surface area contributed by atoms with Crippen molar-refractivity contribution in [3.8, 4) is 5.75 Å². The number of H-pyrrole nitrogens is 1. The third kappa shape index (κ3) is 3.02. The first kappa shape index (κ1) is 16.1. The number of nitrogens with one attached hydrogen (secondary N) is 1. The van der Waals surface area contributed by atoms with Crippen molar-refractivity contribution < 1.29 is 21.9 Å². The van der Waals surface area contributed by atoms with E-state index in [1.807, 2.05) is 0 Å². The number of ether oxygens (including phenoxy) is 1. The van der Waals surface area contributed by atoms with Gasteiger partial charge in [-0.1, -0.05) is 0 Å². The smallest absolute Gasteiger partial charge is 0.272 e. The summed E-state index contributed by atoms with van der Waals surface area (Å²) >= 11 is 3.28. The monoisotopic (exact) mass is 404 g/mol. The highest BCUT2D eigenvalue weighted by Gasteiger charge is 2.20. The lowest BCUT2D eigenvalue weighted by Crippen LogP contribution is -2.07. The van der Waals surface area contributed by atoms with Crippen molar-refractivity contribution in [3.63, 3.8) is 0 Å². The standard InChI is InChI=1S/C14H11BrF2N2O3S/c1-23(20,21)10-3-2-9(22-6-11(16)17)12-13-8(19-14(10)12)4-7(15)5-18-13/h2-5,11,19H,6H2,1H3. The number of sulfone groups is 1. The zero-order valence-electron chi connectivity index (χ0n) is 11.8. The number of rotatable bonds is 4. The van der Waals surface area contributed by atoms with Crippen LogP contribution >= 0.6 is 15.9 Å². The Morgan fingerprint density at radius 1 is 1.39 bits per heavy atom. The molecule has 0 bridgehead atoms. The number of aromatic nitrogens is 2. The second-order valence-corrected chi connectivity index (χ2v) is 7.86. The van der Waals surface area contributed by atoms with Gasteiger partial charge < -0.3 is 9.72 Å². The van der Waals surface area contributed by atoms with Crippen molar-refractivity contribution in [2.75, 3.05) is 12.9 Å². The van der Waals surface area contributed by atoms with Gasteiger partial charge in [-0.05, 0) is 34.1 Å². The van der Waals surface area contributed by atoms with Crippen LogP contribution in [-0.4, -0.2) is 37.7 Å². The summed E-state index contributed by atoms with van der Waals surface area (Å²) in [5.41, 5.74) is 1.32. The SMILES string of the molecule is CS(=O)(=O)c1ccc(OCC(F)F)c2c1[nH]c1cc(Br)cnc12. The molecule has 23 heavy (non-hydrogen) atoms. The van der Waals surface area contributed by atoms with Gasteiger partial charge in [0.05, 0.1) is 26.8 Å². The first-order valence-electron chi connectivity index (χ1n) is 6.48. The normalized spacial score (nSPS) is 12.4. The fraction of sp³-hybridized carbons (Fsp3) is 0.214. The molecule has 0 saturated carbocycles. The molecule has 2 aromatic heterocycles. The number of pyridine rings is 1. The lowest BCUT2D eigenvalue weighted by molar-refractivity contribution is 0.0827. The maximum Gasteiger partial charge on any atom is 0.272 e. The molecule has 0 aliphatic rings. The van der Waals surface area contributed by atoms with Crippen molar-refractivity contribution >= 4 is 47.7 Å². The molecular weight excluding hydrogens is 394 g/mol. The van der Waals surface area contributed by atoms with Crippen LogP contribution in [0.15, 0.2) is 33.8 Å². The fourth-order valence-corrected chi connectivity index (χ4v) is 3.54.